The highest BCUT2D eigenvalue weighted by atomic mass is 35.5. The van der Waals surface area contributed by atoms with E-state index < -0.39 is 5.82 Å². The van der Waals surface area contributed by atoms with Crippen LogP contribution >= 0.6 is 11.6 Å². The van der Waals surface area contributed by atoms with Crippen molar-refractivity contribution in [1.29, 1.82) is 0 Å². The molecule has 1 saturated heterocycles. The topological polar surface area (TPSA) is 68.7 Å². The van der Waals surface area contributed by atoms with E-state index in [4.69, 9.17) is 25.8 Å². The maximum Gasteiger partial charge on any atom is 0.163 e. The summed E-state index contributed by atoms with van der Waals surface area (Å²) in [5, 5.41) is 3.99. The van der Waals surface area contributed by atoms with E-state index in [0.717, 1.165) is 13.1 Å². The Bertz CT molecular complexity index is 1050. The lowest BCUT2D eigenvalue weighted by Crippen LogP contribution is -2.42. The molecule has 4 rings (SSSR count). The minimum absolute atomic E-state index is 0.0142. The Hall–Kier alpha value is -2.68. The average molecular weight is 433 g/mol. The minimum atomic E-state index is -0.473. The van der Waals surface area contributed by atoms with Crippen LogP contribution in [-0.4, -0.2) is 61.4 Å². The first kappa shape index (κ1) is 20.6. The first-order valence-electron chi connectivity index (χ1n) is 9.51. The van der Waals surface area contributed by atoms with Crippen molar-refractivity contribution in [3.63, 3.8) is 0 Å². The lowest BCUT2D eigenvalue weighted by Gasteiger charge is -2.30. The molecule has 7 nitrogen and oxygen atoms in total. The highest BCUT2D eigenvalue weighted by Crippen LogP contribution is 2.35. The van der Waals surface area contributed by atoms with E-state index in [1.165, 1.54) is 12.4 Å². The molecule has 0 spiro atoms. The van der Waals surface area contributed by atoms with Gasteiger partial charge in [-0.05, 0) is 31.3 Å². The average Bonchev–Trinajstić information content (AvgIpc) is 2.74. The van der Waals surface area contributed by atoms with E-state index in [1.807, 2.05) is 0 Å². The number of anilines is 2. The van der Waals surface area contributed by atoms with Crippen molar-refractivity contribution >= 4 is 34.0 Å². The van der Waals surface area contributed by atoms with Crippen LogP contribution in [-0.2, 0) is 4.74 Å². The van der Waals surface area contributed by atoms with E-state index in [1.54, 1.807) is 31.4 Å². The molecule has 1 atom stereocenters. The van der Waals surface area contributed by atoms with Crippen LogP contribution in [0.15, 0.2) is 36.7 Å². The number of hydrogen-bond donors (Lipinski definition) is 1. The summed E-state index contributed by atoms with van der Waals surface area (Å²) in [6, 6.07) is 7.96. The molecule has 0 radical (unpaired) electrons. The van der Waals surface area contributed by atoms with Crippen LogP contribution in [0.2, 0.25) is 5.02 Å². The smallest absolute Gasteiger partial charge is 0.163 e. The van der Waals surface area contributed by atoms with E-state index in [2.05, 4.69) is 27.2 Å². The summed E-state index contributed by atoms with van der Waals surface area (Å²) in [6.07, 6.45) is 1.40. The number of methoxy groups -OCH3 is 1. The molecule has 1 aliphatic rings. The summed E-state index contributed by atoms with van der Waals surface area (Å²) in [4.78, 5) is 10.8. The number of morpholine rings is 1. The van der Waals surface area contributed by atoms with Crippen LogP contribution in [0, 0.1) is 5.82 Å². The number of ether oxygens (including phenoxy) is 3. The van der Waals surface area contributed by atoms with Gasteiger partial charge in [-0.25, -0.2) is 14.4 Å². The highest BCUT2D eigenvalue weighted by molar-refractivity contribution is 6.30. The zero-order valence-corrected chi connectivity index (χ0v) is 17.4. The number of halogens is 2. The van der Waals surface area contributed by atoms with Crippen molar-refractivity contribution in [2.45, 2.75) is 6.10 Å². The number of hydrogen-bond acceptors (Lipinski definition) is 7. The summed E-state index contributed by atoms with van der Waals surface area (Å²) in [6.45, 7) is 2.80. The summed E-state index contributed by atoms with van der Waals surface area (Å²) in [7, 11) is 3.62. The predicted octanol–water partition coefficient (Wildman–Crippen LogP) is 3.88. The molecule has 0 saturated carbocycles. The van der Waals surface area contributed by atoms with Crippen LogP contribution < -0.4 is 14.8 Å². The molecule has 1 N–H and O–H groups in total. The molecule has 9 heteroatoms. The summed E-state index contributed by atoms with van der Waals surface area (Å²) in [5.41, 5.74) is 0.900. The molecular formula is C21H22ClFN4O3. The van der Waals surface area contributed by atoms with Crippen molar-refractivity contribution in [2.75, 3.05) is 45.8 Å². The maximum atomic E-state index is 14.2. The monoisotopic (exact) mass is 432 g/mol. The maximum absolute atomic E-state index is 14.2. The standard InChI is InChI=1S/C21H22ClFN4O3/c1-27-5-6-29-14(10-27)11-30-20-9-18-15(8-19(20)28-2)21(25-12-24-18)26-17-4-3-13(22)7-16(17)23/h3-4,7-9,12,14H,5-6,10-11H2,1-2H3,(H,24,25,26). The molecule has 1 fully saturated rings. The molecule has 2 heterocycles. The number of aromatic nitrogens is 2. The molecule has 1 aliphatic heterocycles. The third-order valence-electron chi connectivity index (χ3n) is 4.87. The largest absolute Gasteiger partial charge is 0.493 e. The van der Waals surface area contributed by atoms with E-state index >= 15 is 0 Å². The third kappa shape index (κ3) is 4.56. The van der Waals surface area contributed by atoms with Gasteiger partial charge in [-0.3, -0.25) is 0 Å². The van der Waals surface area contributed by atoms with Crippen LogP contribution in [0.4, 0.5) is 15.9 Å². The summed E-state index contributed by atoms with van der Waals surface area (Å²) >= 11 is 5.83. The van der Waals surface area contributed by atoms with Gasteiger partial charge in [-0.15, -0.1) is 0 Å². The Labute approximate surface area is 178 Å². The molecule has 0 aliphatic carbocycles. The van der Waals surface area contributed by atoms with Gasteiger partial charge in [-0.2, -0.15) is 0 Å². The fourth-order valence-corrected chi connectivity index (χ4v) is 3.46. The number of rotatable bonds is 6. The van der Waals surface area contributed by atoms with Gasteiger partial charge in [0, 0.05) is 29.6 Å². The molecule has 30 heavy (non-hydrogen) atoms. The number of fused-ring (bicyclic) bond motifs is 1. The number of benzene rings is 2. The molecule has 2 aromatic carbocycles. The van der Waals surface area contributed by atoms with E-state index in [9.17, 15) is 4.39 Å². The molecule has 3 aromatic rings. The Morgan fingerprint density at radius 2 is 2.13 bits per heavy atom. The van der Waals surface area contributed by atoms with Gasteiger partial charge in [0.2, 0.25) is 0 Å². The Balaban J connectivity index is 1.60. The van der Waals surface area contributed by atoms with E-state index in [-0.39, 0.29) is 11.8 Å². The zero-order chi connectivity index (χ0) is 21.1. The van der Waals surface area contributed by atoms with Crippen molar-refractivity contribution in [3.8, 4) is 11.5 Å². The van der Waals surface area contributed by atoms with Gasteiger partial charge in [0.1, 0.15) is 30.7 Å². The van der Waals surface area contributed by atoms with Gasteiger partial charge in [0.05, 0.1) is 24.9 Å². The first-order chi connectivity index (χ1) is 14.5. The molecule has 1 unspecified atom stereocenters. The van der Waals surface area contributed by atoms with Crippen molar-refractivity contribution in [1.82, 2.24) is 14.9 Å². The molecular weight excluding hydrogens is 411 g/mol. The van der Waals surface area contributed by atoms with Gasteiger partial charge < -0.3 is 24.4 Å². The van der Waals surface area contributed by atoms with Gasteiger partial charge >= 0.3 is 0 Å². The second-order valence-electron chi connectivity index (χ2n) is 7.06. The van der Waals surface area contributed by atoms with Crippen LogP contribution in [0.5, 0.6) is 11.5 Å². The quantitative estimate of drug-likeness (QED) is 0.633. The Morgan fingerprint density at radius 1 is 1.27 bits per heavy atom. The van der Waals surface area contributed by atoms with Gasteiger partial charge in [0.15, 0.2) is 11.5 Å². The molecule has 0 bridgehead atoms. The van der Waals surface area contributed by atoms with Crippen molar-refractivity contribution in [3.05, 3.63) is 47.5 Å². The Kier molecular flexibility index (Phi) is 6.17. The lowest BCUT2D eigenvalue weighted by molar-refractivity contribution is -0.0406. The van der Waals surface area contributed by atoms with Gasteiger partial charge in [0.25, 0.3) is 0 Å². The minimum Gasteiger partial charge on any atom is -0.493 e. The normalized spacial score (nSPS) is 17.1. The van der Waals surface area contributed by atoms with E-state index in [0.29, 0.717) is 46.5 Å². The number of nitrogens with one attached hydrogen (secondary N) is 1. The third-order valence-corrected chi connectivity index (χ3v) is 5.11. The lowest BCUT2D eigenvalue weighted by atomic mass is 10.2. The van der Waals surface area contributed by atoms with Crippen LogP contribution in [0.1, 0.15) is 0 Å². The van der Waals surface area contributed by atoms with Crippen LogP contribution in [0.25, 0.3) is 10.9 Å². The van der Waals surface area contributed by atoms with Gasteiger partial charge in [-0.1, -0.05) is 11.6 Å². The molecule has 158 valence electrons. The number of nitrogens with zero attached hydrogens (tertiary/aromatic N) is 3. The molecule has 1 aromatic heterocycles. The second-order valence-corrected chi connectivity index (χ2v) is 7.49. The van der Waals surface area contributed by atoms with Crippen molar-refractivity contribution < 1.29 is 18.6 Å². The highest BCUT2D eigenvalue weighted by Gasteiger charge is 2.20. The van der Waals surface area contributed by atoms with Crippen LogP contribution in [0.3, 0.4) is 0 Å². The summed E-state index contributed by atoms with van der Waals surface area (Å²) < 4.78 is 31.4. The zero-order valence-electron chi connectivity index (χ0n) is 16.7. The first-order valence-corrected chi connectivity index (χ1v) is 9.89. The molecule has 0 amide bonds. The number of likely N-dealkylation sites (N-methyl/N-ethyl adjacent to an activating group) is 1. The van der Waals surface area contributed by atoms with Crippen molar-refractivity contribution in [2.24, 2.45) is 0 Å². The fraction of sp³-hybridized carbons (Fsp3) is 0.333. The summed E-state index contributed by atoms with van der Waals surface area (Å²) in [5.74, 6) is 1.06. The Morgan fingerprint density at radius 3 is 2.90 bits per heavy atom. The fourth-order valence-electron chi connectivity index (χ4n) is 3.30. The predicted molar refractivity (Wildman–Crippen MR) is 114 cm³/mol. The SMILES string of the molecule is COc1cc2c(Nc3ccc(Cl)cc3F)ncnc2cc1OCC1CN(C)CCO1. The second kappa shape index (κ2) is 8.99.